The predicted molar refractivity (Wildman–Crippen MR) is 81.5 cm³/mol. The van der Waals surface area contributed by atoms with Crippen molar-refractivity contribution < 1.29 is 9.47 Å². The highest BCUT2D eigenvalue weighted by atomic mass is 16.6. The highest BCUT2D eigenvalue weighted by molar-refractivity contribution is 5.63. The lowest BCUT2D eigenvalue weighted by Gasteiger charge is -2.18. The summed E-state index contributed by atoms with van der Waals surface area (Å²) in [6.45, 7) is 3.36. The van der Waals surface area contributed by atoms with E-state index in [-0.39, 0.29) is 6.04 Å². The predicted octanol–water partition coefficient (Wildman–Crippen LogP) is 3.04. The molecule has 1 unspecified atom stereocenters. The number of nitrogens with one attached hydrogen (secondary N) is 1. The number of rotatable bonds is 5. The fraction of sp³-hybridized carbons (Fsp3) is 0.438. The molecule has 5 heteroatoms. The first-order valence-corrected chi connectivity index (χ1v) is 7.48. The van der Waals surface area contributed by atoms with E-state index < -0.39 is 0 Å². The van der Waals surface area contributed by atoms with E-state index >= 15 is 0 Å². The summed E-state index contributed by atoms with van der Waals surface area (Å²) >= 11 is 0. The minimum Gasteiger partial charge on any atom is -0.486 e. The first kappa shape index (κ1) is 13.9. The van der Waals surface area contributed by atoms with Crippen molar-refractivity contribution >= 4 is 0 Å². The minimum atomic E-state index is -0.0316. The summed E-state index contributed by atoms with van der Waals surface area (Å²) in [6, 6.07) is 5.88. The van der Waals surface area contributed by atoms with Gasteiger partial charge >= 0.3 is 0 Å². The van der Waals surface area contributed by atoms with Crippen molar-refractivity contribution in [3.05, 3.63) is 30.2 Å². The van der Waals surface area contributed by atoms with Crippen LogP contribution < -0.4 is 15.2 Å². The molecule has 0 aliphatic carbocycles. The molecule has 1 aliphatic rings. The van der Waals surface area contributed by atoms with Gasteiger partial charge in [0.05, 0.1) is 17.9 Å². The fourth-order valence-corrected chi connectivity index (χ4v) is 2.44. The van der Waals surface area contributed by atoms with E-state index in [4.69, 9.17) is 15.2 Å². The van der Waals surface area contributed by atoms with Crippen molar-refractivity contribution in [1.82, 2.24) is 9.97 Å². The molecular weight excluding hydrogens is 266 g/mol. The molecule has 0 fully saturated rings. The number of imidazole rings is 1. The van der Waals surface area contributed by atoms with Gasteiger partial charge in [0.2, 0.25) is 0 Å². The minimum absolute atomic E-state index is 0.0316. The van der Waals surface area contributed by atoms with Crippen molar-refractivity contribution in [2.24, 2.45) is 5.73 Å². The lowest BCUT2D eigenvalue weighted by molar-refractivity contribution is 0.171. The summed E-state index contributed by atoms with van der Waals surface area (Å²) in [6.07, 6.45) is 5.03. The molecule has 0 spiro atoms. The highest BCUT2D eigenvalue weighted by Gasteiger charge is 2.15. The molecule has 0 saturated carbocycles. The maximum atomic E-state index is 6.14. The van der Waals surface area contributed by atoms with Crippen LogP contribution in [0.15, 0.2) is 24.4 Å². The number of benzene rings is 1. The number of hydrogen-bond donors (Lipinski definition) is 2. The Morgan fingerprint density at radius 2 is 2.10 bits per heavy atom. The van der Waals surface area contributed by atoms with Crippen molar-refractivity contribution in [1.29, 1.82) is 0 Å². The van der Waals surface area contributed by atoms with E-state index in [0.29, 0.717) is 13.2 Å². The van der Waals surface area contributed by atoms with Crippen LogP contribution in [0.4, 0.5) is 0 Å². The van der Waals surface area contributed by atoms with Crippen molar-refractivity contribution in [3.8, 4) is 22.8 Å². The van der Waals surface area contributed by atoms with E-state index in [2.05, 4.69) is 16.9 Å². The molecule has 1 atom stereocenters. The Labute approximate surface area is 124 Å². The van der Waals surface area contributed by atoms with Crippen LogP contribution >= 0.6 is 0 Å². The van der Waals surface area contributed by atoms with Crippen molar-refractivity contribution in [3.63, 3.8) is 0 Å². The average molecular weight is 287 g/mol. The third-order valence-corrected chi connectivity index (χ3v) is 3.67. The van der Waals surface area contributed by atoms with Crippen LogP contribution in [0.5, 0.6) is 11.5 Å². The summed E-state index contributed by atoms with van der Waals surface area (Å²) < 4.78 is 11.1. The molecule has 0 saturated heterocycles. The molecule has 1 aromatic carbocycles. The summed E-state index contributed by atoms with van der Waals surface area (Å²) in [7, 11) is 0. The van der Waals surface area contributed by atoms with Crippen LogP contribution in [-0.4, -0.2) is 23.2 Å². The monoisotopic (exact) mass is 287 g/mol. The molecule has 0 radical (unpaired) electrons. The second-order valence-corrected chi connectivity index (χ2v) is 5.29. The summed E-state index contributed by atoms with van der Waals surface area (Å²) in [5.41, 5.74) is 8.13. The van der Waals surface area contributed by atoms with Gasteiger partial charge in [-0.2, -0.15) is 0 Å². The number of fused-ring (bicyclic) bond motifs is 1. The van der Waals surface area contributed by atoms with Crippen LogP contribution in [0, 0.1) is 0 Å². The molecular formula is C16H21N3O2. The van der Waals surface area contributed by atoms with Crippen LogP contribution in [0.3, 0.4) is 0 Å². The van der Waals surface area contributed by atoms with E-state index in [1.807, 2.05) is 24.4 Å². The SMILES string of the molecule is CCCCC(N)c1ncc(-c2ccc3c(c2)OCCO3)[nH]1. The van der Waals surface area contributed by atoms with Gasteiger partial charge in [-0.05, 0) is 24.6 Å². The van der Waals surface area contributed by atoms with Gasteiger partial charge in [0, 0.05) is 5.56 Å². The van der Waals surface area contributed by atoms with Gasteiger partial charge in [-0.15, -0.1) is 0 Å². The quantitative estimate of drug-likeness (QED) is 0.886. The number of ether oxygens (including phenoxy) is 2. The van der Waals surface area contributed by atoms with Gasteiger partial charge < -0.3 is 20.2 Å². The lowest BCUT2D eigenvalue weighted by Crippen LogP contribution is -2.15. The van der Waals surface area contributed by atoms with E-state index in [1.165, 1.54) is 0 Å². The Morgan fingerprint density at radius 1 is 1.29 bits per heavy atom. The zero-order valence-corrected chi connectivity index (χ0v) is 12.3. The molecule has 0 bridgehead atoms. The molecule has 21 heavy (non-hydrogen) atoms. The Hall–Kier alpha value is -2.01. The summed E-state index contributed by atoms with van der Waals surface area (Å²) in [4.78, 5) is 7.72. The van der Waals surface area contributed by atoms with E-state index in [0.717, 1.165) is 47.8 Å². The topological polar surface area (TPSA) is 73.2 Å². The van der Waals surface area contributed by atoms with Crippen molar-refractivity contribution in [2.45, 2.75) is 32.2 Å². The second kappa shape index (κ2) is 6.18. The van der Waals surface area contributed by atoms with Gasteiger partial charge in [0.25, 0.3) is 0 Å². The number of aromatic amines is 1. The molecule has 1 aromatic heterocycles. The number of nitrogens with two attached hydrogens (primary N) is 1. The van der Waals surface area contributed by atoms with E-state index in [1.54, 1.807) is 0 Å². The zero-order chi connectivity index (χ0) is 14.7. The number of H-pyrrole nitrogens is 1. The largest absolute Gasteiger partial charge is 0.486 e. The summed E-state index contributed by atoms with van der Waals surface area (Å²) in [5.74, 6) is 2.42. The van der Waals surface area contributed by atoms with Gasteiger partial charge in [-0.3, -0.25) is 0 Å². The van der Waals surface area contributed by atoms with Crippen molar-refractivity contribution in [2.75, 3.05) is 13.2 Å². The third-order valence-electron chi connectivity index (χ3n) is 3.67. The number of nitrogens with zero attached hydrogens (tertiary/aromatic N) is 1. The highest BCUT2D eigenvalue weighted by Crippen LogP contribution is 2.34. The molecule has 5 nitrogen and oxygen atoms in total. The standard InChI is InChI=1S/C16H21N3O2/c1-2-3-4-12(17)16-18-10-13(19-16)11-5-6-14-15(9-11)21-8-7-20-14/h5-6,9-10,12H,2-4,7-8,17H2,1H3,(H,18,19). The smallest absolute Gasteiger partial charge is 0.162 e. The Bertz CT molecular complexity index is 609. The second-order valence-electron chi connectivity index (χ2n) is 5.29. The first-order valence-electron chi connectivity index (χ1n) is 7.48. The molecule has 3 N–H and O–H groups in total. The van der Waals surface area contributed by atoms with Gasteiger partial charge in [0.15, 0.2) is 11.5 Å². The number of hydrogen-bond acceptors (Lipinski definition) is 4. The summed E-state index contributed by atoms with van der Waals surface area (Å²) in [5, 5.41) is 0. The van der Waals surface area contributed by atoms with E-state index in [9.17, 15) is 0 Å². The molecule has 2 aromatic rings. The first-order chi connectivity index (χ1) is 10.3. The molecule has 0 amide bonds. The van der Waals surface area contributed by atoms with Gasteiger partial charge in [0.1, 0.15) is 19.0 Å². The fourth-order valence-electron chi connectivity index (χ4n) is 2.44. The van der Waals surface area contributed by atoms with Crippen LogP contribution in [0.25, 0.3) is 11.3 Å². The maximum Gasteiger partial charge on any atom is 0.162 e. The lowest BCUT2D eigenvalue weighted by atomic mass is 10.1. The van der Waals surface area contributed by atoms with Crippen LogP contribution in [-0.2, 0) is 0 Å². The van der Waals surface area contributed by atoms with Crippen LogP contribution in [0.1, 0.15) is 38.1 Å². The normalized spacial score (nSPS) is 15.0. The Morgan fingerprint density at radius 3 is 2.90 bits per heavy atom. The molecule has 112 valence electrons. The molecule has 1 aliphatic heterocycles. The number of unbranched alkanes of at least 4 members (excludes halogenated alkanes) is 1. The van der Waals surface area contributed by atoms with Gasteiger partial charge in [-0.25, -0.2) is 4.98 Å². The Kier molecular flexibility index (Phi) is 4.10. The maximum absolute atomic E-state index is 6.14. The molecule has 2 heterocycles. The number of aromatic nitrogens is 2. The average Bonchev–Trinajstić information content (AvgIpc) is 3.02. The van der Waals surface area contributed by atoms with Crippen LogP contribution in [0.2, 0.25) is 0 Å². The third kappa shape index (κ3) is 3.03. The molecule has 3 rings (SSSR count). The Balaban J connectivity index is 1.79. The van der Waals surface area contributed by atoms with Gasteiger partial charge in [-0.1, -0.05) is 19.8 Å². The zero-order valence-electron chi connectivity index (χ0n) is 12.3.